The van der Waals surface area contributed by atoms with E-state index in [9.17, 15) is 9.18 Å². The lowest BCUT2D eigenvalue weighted by Crippen LogP contribution is -2.25. The number of fused-ring (bicyclic) bond motifs is 1. The SMILES string of the molecule is CCN(CC)CCCNc1ccc(N=CC2C(=O)Nc3ccccc32)cc1F. The van der Waals surface area contributed by atoms with Crippen molar-refractivity contribution in [2.75, 3.05) is 36.8 Å². The van der Waals surface area contributed by atoms with Crippen LogP contribution in [0.1, 0.15) is 31.7 Å². The molecule has 2 N–H and O–H groups in total. The van der Waals surface area contributed by atoms with E-state index in [1.165, 1.54) is 6.07 Å². The first-order chi connectivity index (χ1) is 13.6. The van der Waals surface area contributed by atoms with E-state index >= 15 is 0 Å². The van der Waals surface area contributed by atoms with Crippen LogP contribution in [0.15, 0.2) is 47.5 Å². The molecule has 2 aromatic carbocycles. The summed E-state index contributed by atoms with van der Waals surface area (Å²) in [4.78, 5) is 18.8. The summed E-state index contributed by atoms with van der Waals surface area (Å²) in [5, 5.41) is 5.97. The standard InChI is InChI=1S/C22H27FN4O/c1-3-27(4-2)13-7-12-24-21-11-10-16(14-19(21)23)25-15-18-17-8-5-6-9-20(17)26-22(18)28/h5-6,8-11,14-15,18,24H,3-4,7,12-13H2,1-2H3,(H,26,28). The number of nitrogens with one attached hydrogen (secondary N) is 2. The Kier molecular flexibility index (Phi) is 6.76. The number of rotatable bonds is 9. The molecule has 0 radical (unpaired) electrons. The molecule has 1 aliphatic heterocycles. The molecule has 0 spiro atoms. The minimum Gasteiger partial charge on any atom is -0.383 e. The summed E-state index contributed by atoms with van der Waals surface area (Å²) in [6.45, 7) is 8.05. The number of halogens is 1. The van der Waals surface area contributed by atoms with Gasteiger partial charge in [-0.15, -0.1) is 0 Å². The summed E-state index contributed by atoms with van der Waals surface area (Å²) >= 11 is 0. The summed E-state index contributed by atoms with van der Waals surface area (Å²) in [5.74, 6) is -0.900. The predicted octanol–water partition coefficient (Wildman–Crippen LogP) is 4.41. The number of para-hydroxylation sites is 1. The van der Waals surface area contributed by atoms with Gasteiger partial charge in [0.2, 0.25) is 5.91 Å². The Morgan fingerprint density at radius 1 is 1.21 bits per heavy atom. The molecule has 0 aromatic heterocycles. The quantitative estimate of drug-likeness (QED) is 0.499. The highest BCUT2D eigenvalue weighted by Crippen LogP contribution is 2.31. The topological polar surface area (TPSA) is 56.7 Å². The van der Waals surface area contributed by atoms with Gasteiger partial charge in [-0.05, 0) is 49.8 Å². The molecule has 5 nitrogen and oxygen atoms in total. The number of nitrogens with zero attached hydrogens (tertiary/aromatic N) is 2. The molecule has 0 fully saturated rings. The Morgan fingerprint density at radius 2 is 2.00 bits per heavy atom. The van der Waals surface area contributed by atoms with Gasteiger partial charge in [0.15, 0.2) is 0 Å². The highest BCUT2D eigenvalue weighted by molar-refractivity contribution is 6.12. The second-order valence-electron chi connectivity index (χ2n) is 6.80. The Hall–Kier alpha value is -2.73. The number of hydrogen-bond donors (Lipinski definition) is 2. The van der Waals surface area contributed by atoms with Crippen LogP contribution >= 0.6 is 0 Å². The fraction of sp³-hybridized carbons (Fsp3) is 0.364. The van der Waals surface area contributed by atoms with Crippen molar-refractivity contribution in [1.82, 2.24) is 4.90 Å². The highest BCUT2D eigenvalue weighted by atomic mass is 19.1. The molecule has 28 heavy (non-hydrogen) atoms. The zero-order valence-electron chi connectivity index (χ0n) is 16.4. The van der Waals surface area contributed by atoms with Gasteiger partial charge in [0.1, 0.15) is 11.7 Å². The molecule has 1 amide bonds. The van der Waals surface area contributed by atoms with Crippen molar-refractivity contribution in [3.05, 3.63) is 53.8 Å². The molecule has 0 bridgehead atoms. The molecule has 1 aliphatic rings. The van der Waals surface area contributed by atoms with E-state index in [1.807, 2.05) is 24.3 Å². The van der Waals surface area contributed by atoms with Crippen molar-refractivity contribution < 1.29 is 9.18 Å². The molecule has 1 heterocycles. The Labute approximate surface area is 165 Å². The second-order valence-corrected chi connectivity index (χ2v) is 6.80. The van der Waals surface area contributed by atoms with Crippen LogP contribution in [-0.2, 0) is 4.79 Å². The summed E-state index contributed by atoms with van der Waals surface area (Å²) in [5.41, 5.74) is 2.66. The van der Waals surface area contributed by atoms with Crippen LogP contribution in [0, 0.1) is 5.82 Å². The van der Waals surface area contributed by atoms with E-state index in [0.717, 1.165) is 43.9 Å². The van der Waals surface area contributed by atoms with Crippen LogP contribution in [0.5, 0.6) is 0 Å². The summed E-state index contributed by atoms with van der Waals surface area (Å²) < 4.78 is 14.4. The van der Waals surface area contributed by atoms with Crippen LogP contribution in [-0.4, -0.2) is 43.2 Å². The van der Waals surface area contributed by atoms with Gasteiger partial charge in [0.25, 0.3) is 0 Å². The predicted molar refractivity (Wildman–Crippen MR) is 113 cm³/mol. The number of anilines is 2. The Bertz CT molecular complexity index is 848. The smallest absolute Gasteiger partial charge is 0.237 e. The first-order valence-electron chi connectivity index (χ1n) is 9.82. The van der Waals surface area contributed by atoms with E-state index in [4.69, 9.17) is 0 Å². The van der Waals surface area contributed by atoms with Crippen molar-refractivity contribution >= 4 is 29.2 Å². The molecule has 0 saturated heterocycles. The van der Waals surface area contributed by atoms with Crippen molar-refractivity contribution in [2.45, 2.75) is 26.2 Å². The normalized spacial score (nSPS) is 15.9. The zero-order chi connectivity index (χ0) is 19.9. The number of hydrogen-bond acceptors (Lipinski definition) is 4. The minimum atomic E-state index is -0.447. The van der Waals surface area contributed by atoms with E-state index in [1.54, 1.807) is 18.3 Å². The van der Waals surface area contributed by atoms with Crippen LogP contribution < -0.4 is 10.6 Å². The van der Waals surface area contributed by atoms with Crippen LogP contribution in [0.25, 0.3) is 0 Å². The fourth-order valence-corrected chi connectivity index (χ4v) is 3.34. The van der Waals surface area contributed by atoms with Crippen LogP contribution in [0.3, 0.4) is 0 Å². The van der Waals surface area contributed by atoms with Gasteiger partial charge in [-0.2, -0.15) is 0 Å². The average Bonchev–Trinajstić information content (AvgIpc) is 3.02. The summed E-state index contributed by atoms with van der Waals surface area (Å²) in [6.07, 6.45) is 2.53. The van der Waals surface area contributed by atoms with Crippen molar-refractivity contribution in [2.24, 2.45) is 4.99 Å². The highest BCUT2D eigenvalue weighted by Gasteiger charge is 2.28. The molecule has 0 aliphatic carbocycles. The Balaban J connectivity index is 1.58. The third-order valence-corrected chi connectivity index (χ3v) is 5.02. The van der Waals surface area contributed by atoms with Gasteiger partial charge in [-0.25, -0.2) is 4.39 Å². The lowest BCUT2D eigenvalue weighted by molar-refractivity contribution is -0.115. The molecule has 3 rings (SSSR count). The van der Waals surface area contributed by atoms with Gasteiger partial charge in [0.05, 0.1) is 11.4 Å². The maximum absolute atomic E-state index is 14.4. The van der Waals surface area contributed by atoms with Gasteiger partial charge in [-0.1, -0.05) is 32.0 Å². The summed E-state index contributed by atoms with van der Waals surface area (Å²) in [6, 6.07) is 12.4. The number of carbonyl (C=O) groups is 1. The number of benzene rings is 2. The van der Waals surface area contributed by atoms with Crippen LogP contribution in [0.2, 0.25) is 0 Å². The molecule has 1 unspecified atom stereocenters. The lowest BCUT2D eigenvalue weighted by Gasteiger charge is -2.18. The van der Waals surface area contributed by atoms with E-state index in [0.29, 0.717) is 11.4 Å². The third kappa shape index (κ3) is 4.75. The zero-order valence-corrected chi connectivity index (χ0v) is 16.4. The van der Waals surface area contributed by atoms with E-state index < -0.39 is 5.92 Å². The van der Waals surface area contributed by atoms with Gasteiger partial charge in [-0.3, -0.25) is 9.79 Å². The Morgan fingerprint density at radius 3 is 2.75 bits per heavy atom. The maximum Gasteiger partial charge on any atom is 0.237 e. The number of carbonyl (C=O) groups excluding carboxylic acids is 1. The molecule has 1 atom stereocenters. The van der Waals surface area contributed by atoms with Crippen molar-refractivity contribution in [1.29, 1.82) is 0 Å². The molecular weight excluding hydrogens is 355 g/mol. The first-order valence-corrected chi connectivity index (χ1v) is 9.82. The summed E-state index contributed by atoms with van der Waals surface area (Å²) in [7, 11) is 0. The molecular formula is C22H27FN4O. The lowest BCUT2D eigenvalue weighted by atomic mass is 10.0. The van der Waals surface area contributed by atoms with Gasteiger partial charge in [0, 0.05) is 24.5 Å². The van der Waals surface area contributed by atoms with Crippen molar-refractivity contribution in [3.63, 3.8) is 0 Å². The number of amides is 1. The van der Waals surface area contributed by atoms with Gasteiger partial charge < -0.3 is 15.5 Å². The van der Waals surface area contributed by atoms with E-state index in [2.05, 4.69) is 34.4 Å². The minimum absolute atomic E-state index is 0.114. The average molecular weight is 382 g/mol. The largest absolute Gasteiger partial charge is 0.383 e. The fourth-order valence-electron chi connectivity index (χ4n) is 3.34. The van der Waals surface area contributed by atoms with Crippen molar-refractivity contribution in [3.8, 4) is 0 Å². The number of aliphatic imine (C=N–C) groups is 1. The van der Waals surface area contributed by atoms with E-state index in [-0.39, 0.29) is 11.7 Å². The van der Waals surface area contributed by atoms with Gasteiger partial charge >= 0.3 is 0 Å². The first kappa shape index (κ1) is 20.0. The molecule has 148 valence electrons. The molecule has 2 aromatic rings. The van der Waals surface area contributed by atoms with Crippen LogP contribution in [0.4, 0.5) is 21.5 Å². The molecule has 6 heteroatoms. The second kappa shape index (κ2) is 9.46. The monoisotopic (exact) mass is 382 g/mol. The third-order valence-electron chi connectivity index (χ3n) is 5.02. The maximum atomic E-state index is 14.4. The molecule has 0 saturated carbocycles.